The molecule has 2 aliphatic rings. The number of carbonyl (C=O) groups excluding carboxylic acids is 2. The highest BCUT2D eigenvalue weighted by molar-refractivity contribution is 6.30. The molecule has 2 fully saturated rings. The highest BCUT2D eigenvalue weighted by atomic mass is 35.5. The molecule has 3 heterocycles. The molecular formula is C22H24ClN3O3. The lowest BCUT2D eigenvalue weighted by molar-refractivity contribution is -0.143. The van der Waals surface area contributed by atoms with Crippen molar-refractivity contribution >= 4 is 23.4 Å². The minimum atomic E-state index is -0.248. The highest BCUT2D eigenvalue weighted by Crippen LogP contribution is 2.22. The van der Waals surface area contributed by atoms with Gasteiger partial charge in [0.2, 0.25) is 11.8 Å². The van der Waals surface area contributed by atoms with Gasteiger partial charge in [-0.2, -0.15) is 0 Å². The van der Waals surface area contributed by atoms with Crippen molar-refractivity contribution in [3.8, 4) is 0 Å². The zero-order chi connectivity index (χ0) is 20.2. The first-order valence-electron chi connectivity index (χ1n) is 9.95. The minimum Gasteiger partial charge on any atom is -0.368 e. The van der Waals surface area contributed by atoms with Gasteiger partial charge in [0, 0.05) is 30.7 Å². The second-order valence-corrected chi connectivity index (χ2v) is 7.95. The molecule has 1 aromatic heterocycles. The minimum absolute atomic E-state index is 0.0221. The van der Waals surface area contributed by atoms with E-state index in [0.717, 1.165) is 34.7 Å². The van der Waals surface area contributed by atoms with Crippen LogP contribution in [0.25, 0.3) is 0 Å². The van der Waals surface area contributed by atoms with Gasteiger partial charge < -0.3 is 14.5 Å². The molecule has 0 bridgehead atoms. The standard InChI is InChI=1S/C22H24ClN3O3/c23-18-4-1-3-16(12-18)11-17-6-7-19(24-13-17)20-14-26(9-10-29-20)22(28)15-25-8-2-5-21(25)27/h1,3-4,6-7,12-13,20H,2,5,8-11,14-15H2/t20-/m1/s1. The summed E-state index contributed by atoms with van der Waals surface area (Å²) in [6, 6.07) is 11.8. The average Bonchev–Trinajstić information content (AvgIpc) is 3.13. The molecule has 2 aromatic rings. The smallest absolute Gasteiger partial charge is 0.242 e. The van der Waals surface area contributed by atoms with E-state index in [-0.39, 0.29) is 24.5 Å². The Balaban J connectivity index is 1.36. The van der Waals surface area contributed by atoms with Crippen molar-refractivity contribution in [2.45, 2.75) is 25.4 Å². The molecule has 0 radical (unpaired) electrons. The summed E-state index contributed by atoms with van der Waals surface area (Å²) in [6.07, 6.45) is 3.74. The predicted octanol–water partition coefficient (Wildman–Crippen LogP) is 2.85. The number of hydrogen-bond donors (Lipinski definition) is 0. The fourth-order valence-corrected chi connectivity index (χ4v) is 4.02. The molecule has 1 aromatic carbocycles. The zero-order valence-electron chi connectivity index (χ0n) is 16.2. The number of morpholine rings is 1. The van der Waals surface area contributed by atoms with E-state index in [2.05, 4.69) is 4.98 Å². The largest absolute Gasteiger partial charge is 0.368 e. The molecule has 0 spiro atoms. The third kappa shape index (κ3) is 4.95. The van der Waals surface area contributed by atoms with E-state index in [9.17, 15) is 9.59 Å². The molecule has 29 heavy (non-hydrogen) atoms. The first-order valence-corrected chi connectivity index (χ1v) is 10.3. The SMILES string of the molecule is O=C1CCCN1CC(=O)N1CCO[C@@H](c2ccc(Cc3cccc(Cl)c3)cn2)C1. The van der Waals surface area contributed by atoms with Crippen molar-refractivity contribution in [2.24, 2.45) is 0 Å². The number of aromatic nitrogens is 1. The van der Waals surface area contributed by atoms with E-state index < -0.39 is 0 Å². The Labute approximate surface area is 175 Å². The van der Waals surface area contributed by atoms with Gasteiger partial charge in [-0.3, -0.25) is 14.6 Å². The van der Waals surface area contributed by atoms with Crippen molar-refractivity contribution < 1.29 is 14.3 Å². The molecule has 2 aliphatic heterocycles. The second kappa shape index (κ2) is 8.93. The van der Waals surface area contributed by atoms with Crippen LogP contribution in [0.3, 0.4) is 0 Å². The molecule has 0 N–H and O–H groups in total. The third-order valence-corrected chi connectivity index (χ3v) is 5.63. The Kier molecular flexibility index (Phi) is 6.11. The summed E-state index contributed by atoms with van der Waals surface area (Å²) >= 11 is 6.05. The Bertz CT molecular complexity index is 887. The van der Waals surface area contributed by atoms with Crippen LogP contribution in [0.15, 0.2) is 42.6 Å². The molecule has 0 aliphatic carbocycles. The first kappa shape index (κ1) is 19.9. The van der Waals surface area contributed by atoms with Gasteiger partial charge in [-0.05, 0) is 42.2 Å². The van der Waals surface area contributed by atoms with Crippen molar-refractivity contribution in [3.63, 3.8) is 0 Å². The molecule has 2 amide bonds. The van der Waals surface area contributed by atoms with Crippen molar-refractivity contribution in [3.05, 3.63) is 64.4 Å². The number of nitrogens with zero attached hydrogens (tertiary/aromatic N) is 3. The number of rotatable bonds is 5. The van der Waals surface area contributed by atoms with E-state index in [0.29, 0.717) is 32.7 Å². The lowest BCUT2D eigenvalue weighted by Crippen LogP contribution is -2.47. The van der Waals surface area contributed by atoms with Gasteiger partial charge >= 0.3 is 0 Å². The maximum absolute atomic E-state index is 12.6. The molecule has 1 atom stereocenters. The summed E-state index contributed by atoms with van der Waals surface area (Å²) in [5.41, 5.74) is 3.04. The molecule has 152 valence electrons. The molecular weight excluding hydrogens is 390 g/mol. The fraction of sp³-hybridized carbons (Fsp3) is 0.409. The topological polar surface area (TPSA) is 62.7 Å². The number of hydrogen-bond acceptors (Lipinski definition) is 4. The number of ether oxygens (including phenoxy) is 1. The maximum Gasteiger partial charge on any atom is 0.242 e. The fourth-order valence-electron chi connectivity index (χ4n) is 3.80. The molecule has 6 nitrogen and oxygen atoms in total. The lowest BCUT2D eigenvalue weighted by Gasteiger charge is -2.33. The number of benzene rings is 1. The van der Waals surface area contributed by atoms with E-state index >= 15 is 0 Å². The van der Waals surface area contributed by atoms with Gasteiger partial charge in [0.25, 0.3) is 0 Å². The highest BCUT2D eigenvalue weighted by Gasteiger charge is 2.29. The number of likely N-dealkylation sites (tertiary alicyclic amines) is 1. The number of amides is 2. The van der Waals surface area contributed by atoms with Crippen LogP contribution < -0.4 is 0 Å². The van der Waals surface area contributed by atoms with Gasteiger partial charge in [0.15, 0.2) is 0 Å². The van der Waals surface area contributed by atoms with Crippen LogP contribution in [0, 0.1) is 0 Å². The van der Waals surface area contributed by atoms with Gasteiger partial charge in [0.1, 0.15) is 6.10 Å². The molecule has 7 heteroatoms. The van der Waals surface area contributed by atoms with Crippen molar-refractivity contribution in [2.75, 3.05) is 32.8 Å². The summed E-state index contributed by atoms with van der Waals surface area (Å²) in [5, 5.41) is 0.725. The summed E-state index contributed by atoms with van der Waals surface area (Å²) in [7, 11) is 0. The molecule has 2 saturated heterocycles. The van der Waals surface area contributed by atoms with Crippen LogP contribution >= 0.6 is 11.6 Å². The third-order valence-electron chi connectivity index (χ3n) is 5.39. The summed E-state index contributed by atoms with van der Waals surface area (Å²) in [6.45, 7) is 2.31. The van der Waals surface area contributed by atoms with E-state index in [1.54, 1.807) is 9.80 Å². The van der Waals surface area contributed by atoms with Gasteiger partial charge in [-0.1, -0.05) is 29.8 Å². The Morgan fingerprint density at radius 3 is 2.83 bits per heavy atom. The van der Waals surface area contributed by atoms with Gasteiger partial charge in [-0.15, -0.1) is 0 Å². The van der Waals surface area contributed by atoms with Gasteiger partial charge in [0.05, 0.1) is 25.4 Å². The van der Waals surface area contributed by atoms with Crippen molar-refractivity contribution in [1.29, 1.82) is 0 Å². The van der Waals surface area contributed by atoms with Crippen LogP contribution in [-0.2, 0) is 20.7 Å². The molecule has 0 saturated carbocycles. The van der Waals surface area contributed by atoms with Crippen LogP contribution in [0.5, 0.6) is 0 Å². The normalized spacial score (nSPS) is 19.6. The number of carbonyl (C=O) groups is 2. The Morgan fingerprint density at radius 2 is 2.10 bits per heavy atom. The van der Waals surface area contributed by atoms with Gasteiger partial charge in [-0.25, -0.2) is 0 Å². The van der Waals surface area contributed by atoms with Crippen LogP contribution in [0.4, 0.5) is 0 Å². The van der Waals surface area contributed by atoms with E-state index in [1.165, 1.54) is 0 Å². The zero-order valence-corrected chi connectivity index (χ0v) is 17.0. The summed E-state index contributed by atoms with van der Waals surface area (Å²) in [4.78, 5) is 32.4. The average molecular weight is 414 g/mol. The van der Waals surface area contributed by atoms with Crippen LogP contribution in [0.2, 0.25) is 5.02 Å². The van der Waals surface area contributed by atoms with E-state index in [1.807, 2.05) is 42.6 Å². The summed E-state index contributed by atoms with van der Waals surface area (Å²) in [5.74, 6) is 0.0474. The van der Waals surface area contributed by atoms with Crippen LogP contribution in [-0.4, -0.2) is 59.4 Å². The first-order chi connectivity index (χ1) is 14.1. The lowest BCUT2D eigenvalue weighted by atomic mass is 10.1. The van der Waals surface area contributed by atoms with Crippen molar-refractivity contribution in [1.82, 2.24) is 14.8 Å². The Hall–Kier alpha value is -2.44. The monoisotopic (exact) mass is 413 g/mol. The summed E-state index contributed by atoms with van der Waals surface area (Å²) < 4.78 is 5.86. The number of pyridine rings is 1. The maximum atomic E-state index is 12.6. The molecule has 4 rings (SSSR count). The number of halogens is 1. The Morgan fingerprint density at radius 1 is 1.21 bits per heavy atom. The second-order valence-electron chi connectivity index (χ2n) is 7.52. The molecule has 0 unspecified atom stereocenters. The predicted molar refractivity (Wildman–Crippen MR) is 110 cm³/mol. The quantitative estimate of drug-likeness (QED) is 0.756. The van der Waals surface area contributed by atoms with Crippen LogP contribution in [0.1, 0.15) is 35.8 Å². The van der Waals surface area contributed by atoms with E-state index in [4.69, 9.17) is 16.3 Å².